The number of carbonyl (C=O) groups is 2. The molecule has 4 rings (SSSR count). The Morgan fingerprint density at radius 2 is 1.59 bits per heavy atom. The topological polar surface area (TPSA) is 86.2 Å². The number of benzene rings is 2. The van der Waals surface area contributed by atoms with Gasteiger partial charge in [-0.1, -0.05) is 54.6 Å². The van der Waals surface area contributed by atoms with Crippen LogP contribution in [0.5, 0.6) is 0 Å². The molecule has 0 radical (unpaired) electrons. The number of nitrogens with zero attached hydrogens (tertiary/aromatic N) is 1. The van der Waals surface area contributed by atoms with Gasteiger partial charge < -0.3 is 19.5 Å². The summed E-state index contributed by atoms with van der Waals surface area (Å²) in [5.41, 5.74) is 2.44. The van der Waals surface area contributed by atoms with Crippen LogP contribution in [0, 0.1) is 11.8 Å². The van der Waals surface area contributed by atoms with E-state index >= 15 is 0 Å². The van der Waals surface area contributed by atoms with Gasteiger partial charge in [-0.3, -0.25) is 4.79 Å². The number of hydrogen-bond acceptors (Lipinski definition) is 5. The Balaban J connectivity index is 1.82. The summed E-state index contributed by atoms with van der Waals surface area (Å²) in [4.78, 5) is 30.5. The van der Waals surface area contributed by atoms with Crippen LogP contribution in [0.2, 0.25) is 0 Å². The average Bonchev–Trinajstić information content (AvgIpc) is 2.88. The third-order valence-electron chi connectivity index (χ3n) is 6.70. The van der Waals surface area contributed by atoms with Gasteiger partial charge in [-0.2, -0.15) is 0 Å². The molecule has 2 aromatic carbocycles. The lowest BCUT2D eigenvalue weighted by Crippen LogP contribution is -2.57. The minimum Gasteiger partial charge on any atom is -0.444 e. The highest BCUT2D eigenvalue weighted by molar-refractivity contribution is 6.10. The lowest BCUT2D eigenvalue weighted by Gasteiger charge is -2.48. The van der Waals surface area contributed by atoms with Gasteiger partial charge in [-0.15, -0.1) is 0 Å². The minimum absolute atomic E-state index is 0.282. The first kappa shape index (κ1) is 26.5. The Kier molecular flexibility index (Phi) is 7.76. The predicted molar refractivity (Wildman–Crippen MR) is 143 cm³/mol. The quantitative estimate of drug-likeness (QED) is 0.550. The molecule has 37 heavy (non-hydrogen) atoms. The van der Waals surface area contributed by atoms with Crippen molar-refractivity contribution in [3.63, 3.8) is 0 Å². The molecule has 0 bridgehead atoms. The number of methoxy groups -OCH3 is 2. The summed E-state index contributed by atoms with van der Waals surface area (Å²) in [6.07, 6.45) is 5.64. The highest BCUT2D eigenvalue weighted by atomic mass is 16.7. The van der Waals surface area contributed by atoms with E-state index in [1.807, 2.05) is 69.3 Å². The maximum atomic E-state index is 13.1. The molecule has 0 aliphatic heterocycles. The fourth-order valence-electron chi connectivity index (χ4n) is 5.06. The Hall–Kier alpha value is -3.55. The van der Waals surface area contributed by atoms with Crippen LogP contribution in [0.4, 0.5) is 4.79 Å². The van der Waals surface area contributed by atoms with Gasteiger partial charge in [0.1, 0.15) is 5.60 Å². The lowest BCUT2D eigenvalue weighted by molar-refractivity contribution is -0.212. The van der Waals surface area contributed by atoms with Crippen LogP contribution in [0.15, 0.2) is 83.9 Å². The third kappa shape index (κ3) is 5.89. The number of hydrogen-bond donors (Lipinski definition) is 1. The van der Waals surface area contributed by atoms with Crippen LogP contribution >= 0.6 is 0 Å². The van der Waals surface area contributed by atoms with Crippen molar-refractivity contribution in [3.8, 4) is 0 Å². The molecule has 7 heteroatoms. The van der Waals surface area contributed by atoms with E-state index < -0.39 is 29.4 Å². The highest BCUT2D eigenvalue weighted by Crippen LogP contribution is 2.46. The van der Waals surface area contributed by atoms with Gasteiger partial charge in [0.25, 0.3) is 5.91 Å². The van der Waals surface area contributed by atoms with E-state index in [0.29, 0.717) is 17.7 Å². The van der Waals surface area contributed by atoms with Crippen molar-refractivity contribution in [1.82, 2.24) is 5.32 Å². The first-order valence-electron chi connectivity index (χ1n) is 12.4. The average molecular weight is 503 g/mol. The van der Waals surface area contributed by atoms with E-state index in [9.17, 15) is 9.59 Å². The van der Waals surface area contributed by atoms with Crippen LogP contribution in [-0.2, 0) is 14.2 Å². The zero-order valence-corrected chi connectivity index (χ0v) is 21.9. The predicted octanol–water partition coefficient (Wildman–Crippen LogP) is 5.44. The fraction of sp³-hybridized carbons (Fsp3) is 0.367. The smallest absolute Gasteiger partial charge is 0.408 e. The SMILES string of the molecule is COC1(OC)C=CC(=NC(=O)c2ccccc2)[C@H]2[C@@H](NC(=O)OC(C)(C)C)C=C(c3ccccc3)C[C@H]21. The zero-order valence-electron chi connectivity index (χ0n) is 21.9. The van der Waals surface area contributed by atoms with Crippen molar-refractivity contribution in [2.24, 2.45) is 16.8 Å². The summed E-state index contributed by atoms with van der Waals surface area (Å²) in [6, 6.07) is 18.4. The number of fused-ring (bicyclic) bond motifs is 1. The third-order valence-corrected chi connectivity index (χ3v) is 6.70. The van der Waals surface area contributed by atoms with Crippen molar-refractivity contribution < 1.29 is 23.8 Å². The number of alkyl carbamates (subject to hydrolysis) is 1. The molecule has 0 heterocycles. The number of allylic oxidation sites excluding steroid dienone is 2. The molecule has 0 aromatic heterocycles. The molecule has 0 unspecified atom stereocenters. The molecule has 2 amide bonds. The van der Waals surface area contributed by atoms with Crippen LogP contribution in [0.25, 0.3) is 5.57 Å². The van der Waals surface area contributed by atoms with Crippen LogP contribution < -0.4 is 5.32 Å². The summed E-state index contributed by atoms with van der Waals surface area (Å²) in [5, 5.41) is 3.03. The molecule has 2 aromatic rings. The second-order valence-corrected chi connectivity index (χ2v) is 10.2. The van der Waals surface area contributed by atoms with E-state index in [0.717, 1.165) is 11.1 Å². The molecular formula is C30H34N2O5. The Morgan fingerprint density at radius 3 is 2.19 bits per heavy atom. The fourth-order valence-corrected chi connectivity index (χ4v) is 5.06. The van der Waals surface area contributed by atoms with E-state index in [1.165, 1.54) is 0 Å². The summed E-state index contributed by atoms with van der Waals surface area (Å²) < 4.78 is 17.5. The van der Waals surface area contributed by atoms with Gasteiger partial charge >= 0.3 is 6.09 Å². The Labute approximate surface area is 218 Å². The molecular weight excluding hydrogens is 468 g/mol. The largest absolute Gasteiger partial charge is 0.444 e. The van der Waals surface area contributed by atoms with E-state index in [1.54, 1.807) is 44.6 Å². The standard InChI is InChI=1S/C30H34N2O5/c1-29(2,3)37-28(34)32-25-19-22(20-12-8-6-9-13-20)18-23-26(25)24(16-17-30(23,35-4)36-5)31-27(33)21-14-10-7-11-15-21/h6-17,19,23,25-26H,18H2,1-5H3,(H,32,34)/t23-,25+,26+/m1/s1. The van der Waals surface area contributed by atoms with Gasteiger partial charge in [0, 0.05) is 31.6 Å². The van der Waals surface area contributed by atoms with E-state index in [2.05, 4.69) is 10.3 Å². The minimum atomic E-state index is -1.07. The first-order valence-corrected chi connectivity index (χ1v) is 12.4. The summed E-state index contributed by atoms with van der Waals surface area (Å²) in [6.45, 7) is 5.45. The van der Waals surface area contributed by atoms with E-state index in [4.69, 9.17) is 14.2 Å². The second-order valence-electron chi connectivity index (χ2n) is 10.2. The van der Waals surface area contributed by atoms with E-state index in [-0.39, 0.29) is 11.8 Å². The summed E-state index contributed by atoms with van der Waals surface area (Å²) in [5.74, 6) is -2.11. The summed E-state index contributed by atoms with van der Waals surface area (Å²) in [7, 11) is 3.19. The maximum Gasteiger partial charge on any atom is 0.408 e. The molecule has 1 N–H and O–H groups in total. The van der Waals surface area contributed by atoms with Gasteiger partial charge in [0.05, 0.1) is 11.8 Å². The molecule has 2 aliphatic carbocycles. The van der Waals surface area contributed by atoms with Crippen LogP contribution in [0.3, 0.4) is 0 Å². The molecule has 0 spiro atoms. The summed E-state index contributed by atoms with van der Waals surface area (Å²) >= 11 is 0. The van der Waals surface area contributed by atoms with Gasteiger partial charge in [-0.25, -0.2) is 9.79 Å². The van der Waals surface area contributed by atoms with Crippen molar-refractivity contribution in [2.75, 3.05) is 14.2 Å². The van der Waals surface area contributed by atoms with Crippen molar-refractivity contribution >= 4 is 23.3 Å². The Bertz CT molecular complexity index is 1210. The van der Waals surface area contributed by atoms with Crippen LogP contribution in [-0.4, -0.2) is 49.4 Å². The normalized spacial score (nSPS) is 23.6. The monoisotopic (exact) mass is 502 g/mol. The molecule has 0 saturated carbocycles. The molecule has 2 aliphatic rings. The molecule has 0 fully saturated rings. The number of ether oxygens (including phenoxy) is 3. The van der Waals surface area contributed by atoms with Gasteiger partial charge in [0.15, 0.2) is 5.79 Å². The number of nitrogens with one attached hydrogen (secondary N) is 1. The number of aliphatic imine (C=N–C) groups is 1. The van der Waals surface area contributed by atoms with Crippen molar-refractivity contribution in [1.29, 1.82) is 0 Å². The number of carbonyl (C=O) groups excluding carboxylic acids is 2. The van der Waals surface area contributed by atoms with Crippen molar-refractivity contribution in [2.45, 2.75) is 44.6 Å². The first-order chi connectivity index (χ1) is 17.7. The second kappa shape index (κ2) is 10.8. The lowest BCUT2D eigenvalue weighted by atomic mass is 9.66. The molecule has 0 saturated heterocycles. The molecule has 3 atom stereocenters. The van der Waals surface area contributed by atoms with Gasteiger partial charge in [0.2, 0.25) is 0 Å². The molecule has 194 valence electrons. The Morgan fingerprint density at radius 1 is 0.973 bits per heavy atom. The maximum absolute atomic E-state index is 13.1. The van der Waals surface area contributed by atoms with Crippen molar-refractivity contribution in [3.05, 3.63) is 90.0 Å². The van der Waals surface area contributed by atoms with Gasteiger partial charge in [-0.05, 0) is 62.6 Å². The number of rotatable bonds is 5. The van der Waals surface area contributed by atoms with Crippen LogP contribution in [0.1, 0.15) is 43.1 Å². The highest BCUT2D eigenvalue weighted by Gasteiger charge is 2.51. The molecule has 7 nitrogen and oxygen atoms in total. The number of amides is 2. The zero-order chi connectivity index (χ0) is 26.6.